The van der Waals surface area contributed by atoms with Gasteiger partial charge in [0.15, 0.2) is 0 Å². The van der Waals surface area contributed by atoms with Crippen LogP contribution in [-0.4, -0.2) is 6.54 Å². The predicted octanol–water partition coefficient (Wildman–Crippen LogP) is 2.80. The Kier molecular flexibility index (Phi) is 1.99. The van der Waals surface area contributed by atoms with Crippen molar-refractivity contribution in [2.45, 2.75) is 46.5 Å². The van der Waals surface area contributed by atoms with Crippen LogP contribution in [0.15, 0.2) is 0 Å². The van der Waals surface area contributed by atoms with Crippen LogP contribution in [0.1, 0.15) is 46.5 Å². The van der Waals surface area contributed by atoms with E-state index in [1.807, 2.05) is 0 Å². The van der Waals surface area contributed by atoms with E-state index in [2.05, 4.69) is 20.8 Å². The van der Waals surface area contributed by atoms with Crippen LogP contribution in [0.2, 0.25) is 0 Å². The fourth-order valence-electron chi connectivity index (χ4n) is 3.45. The van der Waals surface area contributed by atoms with E-state index in [0.717, 1.165) is 18.4 Å². The molecule has 2 saturated carbocycles. The molecular formula is C12H23N. The van der Waals surface area contributed by atoms with Crippen LogP contribution in [0.5, 0.6) is 0 Å². The van der Waals surface area contributed by atoms with Gasteiger partial charge in [0.25, 0.3) is 0 Å². The predicted molar refractivity (Wildman–Crippen MR) is 56.4 cm³/mol. The van der Waals surface area contributed by atoms with Crippen molar-refractivity contribution in [3.8, 4) is 0 Å². The Labute approximate surface area is 82.1 Å². The summed E-state index contributed by atoms with van der Waals surface area (Å²) >= 11 is 0. The van der Waals surface area contributed by atoms with Crippen LogP contribution in [0, 0.1) is 22.7 Å². The molecule has 2 N–H and O–H groups in total. The summed E-state index contributed by atoms with van der Waals surface area (Å²) < 4.78 is 0. The second-order valence-corrected chi connectivity index (χ2v) is 5.93. The van der Waals surface area contributed by atoms with Gasteiger partial charge in [0.1, 0.15) is 0 Å². The van der Waals surface area contributed by atoms with Crippen molar-refractivity contribution in [3.63, 3.8) is 0 Å². The van der Waals surface area contributed by atoms with Gasteiger partial charge in [0.05, 0.1) is 0 Å². The largest absolute Gasteiger partial charge is 0.330 e. The quantitative estimate of drug-likeness (QED) is 0.712. The van der Waals surface area contributed by atoms with Gasteiger partial charge in [-0.05, 0) is 35.6 Å². The maximum absolute atomic E-state index is 5.82. The maximum atomic E-state index is 5.82. The fraction of sp³-hybridized carbons (Fsp3) is 1.00. The van der Waals surface area contributed by atoms with Gasteiger partial charge in [-0.15, -0.1) is 0 Å². The lowest BCUT2D eigenvalue weighted by Gasteiger charge is -2.30. The zero-order valence-corrected chi connectivity index (χ0v) is 9.27. The Morgan fingerprint density at radius 1 is 1.23 bits per heavy atom. The molecule has 1 nitrogen and oxygen atoms in total. The minimum Gasteiger partial charge on any atom is -0.330 e. The molecule has 0 aromatic carbocycles. The first-order valence-corrected chi connectivity index (χ1v) is 5.72. The molecule has 2 fully saturated rings. The highest BCUT2D eigenvalue weighted by atomic mass is 14.8. The number of hydrogen-bond donors (Lipinski definition) is 1. The summed E-state index contributed by atoms with van der Waals surface area (Å²) in [6.07, 6.45) is 5.85. The van der Waals surface area contributed by atoms with Crippen molar-refractivity contribution in [2.75, 3.05) is 6.54 Å². The molecule has 2 unspecified atom stereocenters. The van der Waals surface area contributed by atoms with Crippen molar-refractivity contribution in [2.24, 2.45) is 28.4 Å². The summed E-state index contributed by atoms with van der Waals surface area (Å²) in [6.45, 7) is 8.12. The van der Waals surface area contributed by atoms with Crippen molar-refractivity contribution in [3.05, 3.63) is 0 Å². The lowest BCUT2D eigenvalue weighted by atomic mass is 9.76. The summed E-state index contributed by atoms with van der Waals surface area (Å²) in [5, 5.41) is 0. The van der Waals surface area contributed by atoms with E-state index >= 15 is 0 Å². The molecule has 0 aromatic rings. The lowest BCUT2D eigenvalue weighted by Crippen LogP contribution is -2.18. The fourth-order valence-corrected chi connectivity index (χ4v) is 3.45. The van der Waals surface area contributed by atoms with E-state index in [1.165, 1.54) is 25.7 Å². The van der Waals surface area contributed by atoms with Gasteiger partial charge in [-0.1, -0.05) is 40.0 Å². The van der Waals surface area contributed by atoms with Gasteiger partial charge in [0, 0.05) is 0 Å². The van der Waals surface area contributed by atoms with Crippen LogP contribution in [0.4, 0.5) is 0 Å². The van der Waals surface area contributed by atoms with Crippen LogP contribution in [0.25, 0.3) is 0 Å². The van der Waals surface area contributed by atoms with Crippen LogP contribution >= 0.6 is 0 Å². The van der Waals surface area contributed by atoms with Crippen LogP contribution < -0.4 is 5.73 Å². The van der Waals surface area contributed by atoms with E-state index in [9.17, 15) is 0 Å². The summed E-state index contributed by atoms with van der Waals surface area (Å²) in [5.74, 6) is 1.81. The molecule has 0 radical (unpaired) electrons. The highest BCUT2D eigenvalue weighted by molar-refractivity contribution is 5.15. The van der Waals surface area contributed by atoms with Gasteiger partial charge in [0.2, 0.25) is 0 Å². The first kappa shape index (κ1) is 9.51. The standard InChI is InChI=1S/C12H23N/c1-11(2)10(8-13)12(11,3)7-9-5-4-6-9/h9-10H,4-8,13H2,1-3H3. The smallest absolute Gasteiger partial charge is 0.00381 e. The molecule has 0 heterocycles. The third-order valence-electron chi connectivity index (χ3n) is 5.20. The molecule has 0 saturated heterocycles. The number of nitrogens with two attached hydrogens (primary N) is 1. The second-order valence-electron chi connectivity index (χ2n) is 5.93. The Morgan fingerprint density at radius 2 is 1.85 bits per heavy atom. The Balaban J connectivity index is 1.97. The molecule has 0 aromatic heterocycles. The molecular weight excluding hydrogens is 158 g/mol. The summed E-state index contributed by atoms with van der Waals surface area (Å²) in [4.78, 5) is 0. The molecule has 76 valence electrons. The Bertz CT molecular complexity index is 205. The van der Waals surface area contributed by atoms with E-state index < -0.39 is 0 Å². The molecule has 1 heteroatoms. The number of rotatable bonds is 3. The third kappa shape index (κ3) is 1.16. The van der Waals surface area contributed by atoms with E-state index in [1.54, 1.807) is 0 Å². The first-order chi connectivity index (χ1) is 6.02. The van der Waals surface area contributed by atoms with E-state index in [4.69, 9.17) is 5.73 Å². The zero-order valence-electron chi connectivity index (χ0n) is 9.27. The summed E-state index contributed by atoms with van der Waals surface area (Å²) in [7, 11) is 0. The van der Waals surface area contributed by atoms with Crippen molar-refractivity contribution in [1.29, 1.82) is 0 Å². The van der Waals surface area contributed by atoms with Gasteiger partial charge in [-0.2, -0.15) is 0 Å². The highest BCUT2D eigenvalue weighted by Gasteiger charge is 2.66. The summed E-state index contributed by atoms with van der Waals surface area (Å²) in [5.41, 5.74) is 6.89. The van der Waals surface area contributed by atoms with Gasteiger partial charge in [-0.3, -0.25) is 0 Å². The zero-order chi connectivity index (χ0) is 9.69. The molecule has 0 bridgehead atoms. The Morgan fingerprint density at radius 3 is 2.15 bits per heavy atom. The minimum absolute atomic E-state index is 0.511. The second kappa shape index (κ2) is 2.73. The molecule has 0 aliphatic heterocycles. The van der Waals surface area contributed by atoms with Crippen molar-refractivity contribution >= 4 is 0 Å². The normalized spacial score (nSPS) is 42.9. The monoisotopic (exact) mass is 181 g/mol. The lowest BCUT2D eigenvalue weighted by molar-refractivity contribution is 0.218. The number of hydrogen-bond acceptors (Lipinski definition) is 1. The topological polar surface area (TPSA) is 26.0 Å². The van der Waals surface area contributed by atoms with E-state index in [-0.39, 0.29) is 0 Å². The molecule has 13 heavy (non-hydrogen) atoms. The van der Waals surface area contributed by atoms with Crippen molar-refractivity contribution in [1.82, 2.24) is 0 Å². The average molecular weight is 181 g/mol. The van der Waals surface area contributed by atoms with E-state index in [0.29, 0.717) is 10.8 Å². The molecule has 2 rings (SSSR count). The minimum atomic E-state index is 0.511. The van der Waals surface area contributed by atoms with Gasteiger partial charge in [-0.25, -0.2) is 0 Å². The molecule has 0 spiro atoms. The SMILES string of the molecule is CC1(C)C(CN)C1(C)CC1CCC1. The molecule has 2 atom stereocenters. The Hall–Kier alpha value is -0.0400. The van der Waals surface area contributed by atoms with Gasteiger partial charge >= 0.3 is 0 Å². The molecule has 2 aliphatic rings. The molecule has 2 aliphatic carbocycles. The van der Waals surface area contributed by atoms with Crippen LogP contribution in [0.3, 0.4) is 0 Å². The highest BCUT2D eigenvalue weighted by Crippen LogP contribution is 2.71. The van der Waals surface area contributed by atoms with Crippen LogP contribution in [-0.2, 0) is 0 Å². The first-order valence-electron chi connectivity index (χ1n) is 5.72. The van der Waals surface area contributed by atoms with Crippen molar-refractivity contribution < 1.29 is 0 Å². The third-order valence-corrected chi connectivity index (χ3v) is 5.20. The average Bonchev–Trinajstić information content (AvgIpc) is 2.39. The van der Waals surface area contributed by atoms with Gasteiger partial charge < -0.3 is 5.73 Å². The molecule has 0 amide bonds. The summed E-state index contributed by atoms with van der Waals surface area (Å²) in [6, 6.07) is 0. The maximum Gasteiger partial charge on any atom is -0.00381 e.